The van der Waals surface area contributed by atoms with E-state index in [2.05, 4.69) is 31.2 Å². The van der Waals surface area contributed by atoms with Crippen LogP contribution in [0.3, 0.4) is 0 Å². The highest BCUT2D eigenvalue weighted by atomic mass is 16.5. The second-order valence-corrected chi connectivity index (χ2v) is 6.53. The summed E-state index contributed by atoms with van der Waals surface area (Å²) < 4.78 is 7.08. The largest absolute Gasteiger partial charge is 0.497 e. The van der Waals surface area contributed by atoms with Crippen molar-refractivity contribution in [3.05, 3.63) is 96.1 Å². The van der Waals surface area contributed by atoms with Crippen molar-refractivity contribution in [1.29, 1.82) is 0 Å². The first kappa shape index (κ1) is 17.7. The summed E-state index contributed by atoms with van der Waals surface area (Å²) in [7, 11) is 1.66. The van der Waals surface area contributed by atoms with Gasteiger partial charge in [-0.3, -0.25) is 0 Å². The molecule has 28 heavy (non-hydrogen) atoms. The van der Waals surface area contributed by atoms with Crippen LogP contribution in [-0.4, -0.2) is 23.1 Å². The molecule has 0 saturated carbocycles. The fourth-order valence-electron chi connectivity index (χ4n) is 2.92. The Bertz CT molecular complexity index is 1080. The minimum Gasteiger partial charge on any atom is -0.497 e. The summed E-state index contributed by atoms with van der Waals surface area (Å²) in [5.41, 5.74) is 5.16. The lowest BCUT2D eigenvalue weighted by Gasteiger charge is -2.03. The number of nitrogens with zero attached hydrogens (tertiary/aromatic N) is 3. The van der Waals surface area contributed by atoms with Crippen LogP contribution in [0.15, 0.2) is 89.9 Å². The molecule has 0 atom stereocenters. The van der Waals surface area contributed by atoms with Crippen molar-refractivity contribution in [3.8, 4) is 22.7 Å². The van der Waals surface area contributed by atoms with Crippen molar-refractivity contribution in [3.63, 3.8) is 0 Å². The lowest BCUT2D eigenvalue weighted by molar-refractivity contribution is 0.415. The molecule has 3 aromatic carbocycles. The number of rotatable bonds is 5. The van der Waals surface area contributed by atoms with Gasteiger partial charge in [0.05, 0.1) is 18.5 Å². The molecule has 0 N–H and O–H groups in total. The van der Waals surface area contributed by atoms with Crippen LogP contribution in [0.2, 0.25) is 0 Å². The second-order valence-electron chi connectivity index (χ2n) is 6.53. The number of methoxy groups -OCH3 is 1. The first-order chi connectivity index (χ1) is 13.7. The van der Waals surface area contributed by atoms with E-state index >= 15 is 0 Å². The van der Waals surface area contributed by atoms with Gasteiger partial charge < -0.3 is 4.74 Å². The minimum atomic E-state index is 0.776. The van der Waals surface area contributed by atoms with E-state index in [9.17, 15) is 0 Å². The summed E-state index contributed by atoms with van der Waals surface area (Å²) in [6.45, 7) is 2.08. The van der Waals surface area contributed by atoms with E-state index in [1.165, 1.54) is 5.56 Å². The van der Waals surface area contributed by atoms with Gasteiger partial charge in [-0.2, -0.15) is 5.10 Å². The molecule has 0 spiro atoms. The fraction of sp³-hybridized carbons (Fsp3) is 0.0833. The van der Waals surface area contributed by atoms with Gasteiger partial charge in [0, 0.05) is 17.8 Å². The SMILES string of the molecule is COc1ccc(/C=N/c2cc(-c3ccc(C)cc3)nn2-c2ccccc2)cc1. The number of ether oxygens (including phenoxy) is 1. The van der Waals surface area contributed by atoms with Crippen LogP contribution < -0.4 is 4.74 Å². The summed E-state index contributed by atoms with van der Waals surface area (Å²) in [5, 5.41) is 4.80. The summed E-state index contributed by atoms with van der Waals surface area (Å²) in [5.74, 6) is 1.60. The Hall–Kier alpha value is -3.66. The molecule has 4 aromatic rings. The van der Waals surface area contributed by atoms with Crippen molar-refractivity contribution < 1.29 is 4.74 Å². The molecule has 0 fully saturated rings. The van der Waals surface area contributed by atoms with E-state index in [1.807, 2.05) is 71.6 Å². The summed E-state index contributed by atoms with van der Waals surface area (Å²) in [4.78, 5) is 4.71. The van der Waals surface area contributed by atoms with Gasteiger partial charge in [0.2, 0.25) is 0 Å². The topological polar surface area (TPSA) is 39.4 Å². The molecular formula is C24H21N3O. The van der Waals surface area contributed by atoms with Gasteiger partial charge in [-0.15, -0.1) is 0 Å². The summed E-state index contributed by atoms with van der Waals surface area (Å²) in [6.07, 6.45) is 1.84. The van der Waals surface area contributed by atoms with Crippen LogP contribution >= 0.6 is 0 Å². The molecule has 0 aliphatic carbocycles. The average molecular weight is 367 g/mol. The molecule has 0 bridgehead atoms. The minimum absolute atomic E-state index is 0.776. The summed E-state index contributed by atoms with van der Waals surface area (Å²) in [6, 6.07) is 28.2. The van der Waals surface area contributed by atoms with Crippen molar-refractivity contribution in [1.82, 2.24) is 9.78 Å². The zero-order chi connectivity index (χ0) is 19.3. The molecule has 0 aliphatic rings. The van der Waals surface area contributed by atoms with Gasteiger partial charge in [0.1, 0.15) is 5.75 Å². The molecule has 1 heterocycles. The molecule has 0 unspecified atom stereocenters. The Morgan fingerprint density at radius 1 is 0.893 bits per heavy atom. The highest BCUT2D eigenvalue weighted by Gasteiger charge is 2.10. The number of benzene rings is 3. The number of hydrogen-bond acceptors (Lipinski definition) is 3. The third kappa shape index (κ3) is 3.86. The molecule has 0 radical (unpaired) electrons. The Labute approximate surface area is 164 Å². The number of aryl methyl sites for hydroxylation is 1. The number of aromatic nitrogens is 2. The van der Waals surface area contributed by atoms with Crippen molar-refractivity contribution in [2.75, 3.05) is 7.11 Å². The normalized spacial score (nSPS) is 11.1. The van der Waals surface area contributed by atoms with Crippen LogP contribution in [0, 0.1) is 6.92 Å². The van der Waals surface area contributed by atoms with Crippen LogP contribution in [-0.2, 0) is 0 Å². The van der Waals surface area contributed by atoms with Gasteiger partial charge in [-0.25, -0.2) is 9.67 Å². The Kier molecular flexibility index (Phi) is 5.02. The zero-order valence-electron chi connectivity index (χ0n) is 15.9. The predicted molar refractivity (Wildman–Crippen MR) is 114 cm³/mol. The maximum Gasteiger partial charge on any atom is 0.156 e. The molecule has 138 valence electrons. The second kappa shape index (κ2) is 7.92. The fourth-order valence-corrected chi connectivity index (χ4v) is 2.92. The maximum atomic E-state index is 5.21. The Morgan fingerprint density at radius 3 is 2.29 bits per heavy atom. The first-order valence-corrected chi connectivity index (χ1v) is 9.13. The molecule has 0 aliphatic heterocycles. The lowest BCUT2D eigenvalue weighted by atomic mass is 10.1. The van der Waals surface area contributed by atoms with E-state index in [0.717, 1.165) is 34.1 Å². The van der Waals surface area contributed by atoms with Crippen LogP contribution in [0.1, 0.15) is 11.1 Å². The smallest absolute Gasteiger partial charge is 0.156 e. The molecule has 0 saturated heterocycles. The standard InChI is InChI=1S/C24H21N3O/c1-18-8-12-20(13-9-18)23-16-24(27(26-23)21-6-4-3-5-7-21)25-17-19-10-14-22(28-2)15-11-19/h3-17H,1-2H3/b25-17+. The summed E-state index contributed by atoms with van der Waals surface area (Å²) >= 11 is 0. The van der Waals surface area contributed by atoms with E-state index in [4.69, 9.17) is 14.8 Å². The number of aliphatic imine (C=N–C) groups is 1. The van der Waals surface area contributed by atoms with Crippen molar-refractivity contribution in [2.45, 2.75) is 6.92 Å². The zero-order valence-corrected chi connectivity index (χ0v) is 15.9. The average Bonchev–Trinajstić information content (AvgIpc) is 3.18. The van der Waals surface area contributed by atoms with E-state index < -0.39 is 0 Å². The van der Waals surface area contributed by atoms with Gasteiger partial charge >= 0.3 is 0 Å². The lowest BCUT2D eigenvalue weighted by Crippen LogP contribution is -1.96. The van der Waals surface area contributed by atoms with Gasteiger partial charge in [-0.1, -0.05) is 48.0 Å². The van der Waals surface area contributed by atoms with Gasteiger partial charge in [-0.05, 0) is 48.9 Å². The quantitative estimate of drug-likeness (QED) is 0.430. The molecule has 4 rings (SSSR count). The molecule has 0 amide bonds. The third-order valence-electron chi connectivity index (χ3n) is 4.50. The Morgan fingerprint density at radius 2 is 1.61 bits per heavy atom. The van der Waals surface area contributed by atoms with E-state index in [-0.39, 0.29) is 0 Å². The highest BCUT2D eigenvalue weighted by Crippen LogP contribution is 2.27. The highest BCUT2D eigenvalue weighted by molar-refractivity contribution is 5.82. The maximum absolute atomic E-state index is 5.21. The molecular weight excluding hydrogens is 346 g/mol. The first-order valence-electron chi connectivity index (χ1n) is 9.13. The van der Waals surface area contributed by atoms with Crippen molar-refractivity contribution in [2.24, 2.45) is 4.99 Å². The number of para-hydroxylation sites is 1. The third-order valence-corrected chi connectivity index (χ3v) is 4.50. The van der Waals surface area contributed by atoms with Crippen LogP contribution in [0.25, 0.3) is 16.9 Å². The molecule has 1 aromatic heterocycles. The molecule has 4 heteroatoms. The Balaban J connectivity index is 1.73. The van der Waals surface area contributed by atoms with Gasteiger partial charge in [0.25, 0.3) is 0 Å². The van der Waals surface area contributed by atoms with Crippen molar-refractivity contribution >= 4 is 12.0 Å². The molecule has 4 nitrogen and oxygen atoms in total. The predicted octanol–water partition coefficient (Wildman–Crippen LogP) is 5.61. The number of hydrogen-bond donors (Lipinski definition) is 0. The van der Waals surface area contributed by atoms with Crippen LogP contribution in [0.5, 0.6) is 5.75 Å². The van der Waals surface area contributed by atoms with E-state index in [1.54, 1.807) is 7.11 Å². The monoisotopic (exact) mass is 367 g/mol. The van der Waals surface area contributed by atoms with Crippen LogP contribution in [0.4, 0.5) is 5.82 Å². The van der Waals surface area contributed by atoms with E-state index in [0.29, 0.717) is 0 Å². The van der Waals surface area contributed by atoms with Gasteiger partial charge in [0.15, 0.2) is 5.82 Å².